The maximum atomic E-state index is 12.6. The molecule has 1 aliphatic rings. The highest BCUT2D eigenvalue weighted by Gasteiger charge is 2.23. The van der Waals surface area contributed by atoms with Crippen molar-refractivity contribution in [2.45, 2.75) is 33.7 Å². The topological polar surface area (TPSA) is 62.7 Å². The van der Waals surface area contributed by atoms with Gasteiger partial charge in [0.15, 0.2) is 5.76 Å². The number of aryl methyl sites for hydroxylation is 3. The van der Waals surface area contributed by atoms with E-state index in [9.17, 15) is 4.79 Å². The molecule has 0 N–H and O–H groups in total. The van der Waals surface area contributed by atoms with Gasteiger partial charge in [0.25, 0.3) is 5.91 Å². The monoisotopic (exact) mass is 317 g/mol. The van der Waals surface area contributed by atoms with Crippen LogP contribution in [0.5, 0.6) is 0 Å². The molecule has 0 spiro atoms. The van der Waals surface area contributed by atoms with Crippen LogP contribution < -0.4 is 0 Å². The summed E-state index contributed by atoms with van der Waals surface area (Å²) in [6, 6.07) is 3.79. The van der Waals surface area contributed by atoms with Crippen molar-refractivity contribution in [3.63, 3.8) is 0 Å². The lowest BCUT2D eigenvalue weighted by Gasteiger charge is -2.20. The van der Waals surface area contributed by atoms with Crippen molar-refractivity contribution < 1.29 is 13.7 Å². The summed E-state index contributed by atoms with van der Waals surface area (Å²) in [4.78, 5) is 16.8. The molecule has 6 heteroatoms. The van der Waals surface area contributed by atoms with Crippen LogP contribution in [0.4, 0.5) is 0 Å². The second-order valence-electron chi connectivity index (χ2n) is 6.20. The van der Waals surface area contributed by atoms with E-state index in [1.165, 1.54) is 0 Å². The lowest BCUT2D eigenvalue weighted by atomic mass is 10.2. The van der Waals surface area contributed by atoms with Crippen LogP contribution in [-0.4, -0.2) is 47.0 Å². The number of aromatic nitrogens is 1. The van der Waals surface area contributed by atoms with E-state index in [0.717, 1.165) is 55.4 Å². The van der Waals surface area contributed by atoms with Gasteiger partial charge in [-0.05, 0) is 38.8 Å². The lowest BCUT2D eigenvalue weighted by molar-refractivity contribution is 0.0727. The quantitative estimate of drug-likeness (QED) is 0.870. The Kier molecular flexibility index (Phi) is 4.52. The zero-order valence-electron chi connectivity index (χ0n) is 14.0. The molecule has 2 aromatic heterocycles. The fourth-order valence-corrected chi connectivity index (χ4v) is 2.89. The van der Waals surface area contributed by atoms with Crippen LogP contribution in [0.25, 0.3) is 0 Å². The Hall–Kier alpha value is -2.08. The van der Waals surface area contributed by atoms with Gasteiger partial charge in [-0.15, -0.1) is 0 Å². The van der Waals surface area contributed by atoms with Gasteiger partial charge in [-0.3, -0.25) is 9.69 Å². The van der Waals surface area contributed by atoms with Gasteiger partial charge in [0, 0.05) is 38.8 Å². The Bertz CT molecular complexity index is 670. The van der Waals surface area contributed by atoms with Crippen LogP contribution in [0, 0.1) is 20.8 Å². The number of hydrogen-bond donors (Lipinski definition) is 0. The molecule has 23 heavy (non-hydrogen) atoms. The summed E-state index contributed by atoms with van der Waals surface area (Å²) in [6.45, 7) is 9.74. The fraction of sp³-hybridized carbons (Fsp3) is 0.529. The number of hydrogen-bond acceptors (Lipinski definition) is 5. The van der Waals surface area contributed by atoms with Gasteiger partial charge >= 0.3 is 0 Å². The average Bonchev–Trinajstić information content (AvgIpc) is 2.98. The summed E-state index contributed by atoms with van der Waals surface area (Å²) in [5.41, 5.74) is 1.96. The average molecular weight is 317 g/mol. The van der Waals surface area contributed by atoms with Gasteiger partial charge < -0.3 is 13.8 Å². The Labute approximate surface area is 136 Å². The minimum Gasteiger partial charge on any atom is -0.456 e. The number of nitrogens with zero attached hydrogens (tertiary/aromatic N) is 3. The summed E-state index contributed by atoms with van der Waals surface area (Å²) >= 11 is 0. The summed E-state index contributed by atoms with van der Waals surface area (Å²) < 4.78 is 10.7. The smallest absolute Gasteiger partial charge is 0.289 e. The number of carbonyl (C=O) groups excluding carboxylic acids is 1. The molecule has 2 aromatic rings. The van der Waals surface area contributed by atoms with Crippen LogP contribution in [0.2, 0.25) is 0 Å². The standard InChI is InChI=1S/C17H23N3O3/c1-12-9-16(22-14(12)3)17(21)20-6-4-5-19(7-8-20)11-15-10-13(2)23-18-15/h9-10H,4-8,11H2,1-3H3. The third-order valence-corrected chi connectivity index (χ3v) is 4.31. The molecule has 3 rings (SSSR count). The number of carbonyl (C=O) groups is 1. The second kappa shape index (κ2) is 6.58. The Morgan fingerprint density at radius 3 is 2.65 bits per heavy atom. The zero-order chi connectivity index (χ0) is 16.4. The number of amides is 1. The Balaban J connectivity index is 1.60. The Morgan fingerprint density at radius 2 is 2.00 bits per heavy atom. The third kappa shape index (κ3) is 3.64. The summed E-state index contributed by atoms with van der Waals surface area (Å²) in [5.74, 6) is 2.07. The number of furan rings is 1. The van der Waals surface area contributed by atoms with Gasteiger partial charge in [0.2, 0.25) is 0 Å². The molecule has 124 valence electrons. The first kappa shape index (κ1) is 15.8. The molecule has 0 atom stereocenters. The summed E-state index contributed by atoms with van der Waals surface area (Å²) in [5, 5.41) is 4.04. The fourth-order valence-electron chi connectivity index (χ4n) is 2.89. The lowest BCUT2D eigenvalue weighted by Crippen LogP contribution is -2.35. The molecular weight excluding hydrogens is 294 g/mol. The third-order valence-electron chi connectivity index (χ3n) is 4.31. The molecule has 3 heterocycles. The van der Waals surface area contributed by atoms with Crippen molar-refractivity contribution in [2.75, 3.05) is 26.2 Å². The van der Waals surface area contributed by atoms with Crippen molar-refractivity contribution in [1.82, 2.24) is 15.0 Å². The molecule has 0 unspecified atom stereocenters. The van der Waals surface area contributed by atoms with E-state index in [1.807, 2.05) is 37.8 Å². The zero-order valence-corrected chi connectivity index (χ0v) is 14.0. The van der Waals surface area contributed by atoms with E-state index < -0.39 is 0 Å². The minimum atomic E-state index is -0.0136. The first-order chi connectivity index (χ1) is 11.0. The first-order valence-electron chi connectivity index (χ1n) is 8.04. The van der Waals surface area contributed by atoms with E-state index in [2.05, 4.69) is 10.1 Å². The summed E-state index contributed by atoms with van der Waals surface area (Å²) in [6.07, 6.45) is 0.946. The highest BCUT2D eigenvalue weighted by molar-refractivity contribution is 5.91. The molecule has 1 amide bonds. The highest BCUT2D eigenvalue weighted by atomic mass is 16.5. The SMILES string of the molecule is Cc1cc(CN2CCCN(C(=O)c3cc(C)c(C)o3)CC2)no1. The van der Waals surface area contributed by atoms with Gasteiger partial charge in [-0.1, -0.05) is 5.16 Å². The molecule has 0 bridgehead atoms. The van der Waals surface area contributed by atoms with Gasteiger partial charge in [0.1, 0.15) is 11.5 Å². The van der Waals surface area contributed by atoms with E-state index in [4.69, 9.17) is 8.94 Å². The number of rotatable bonds is 3. The largest absolute Gasteiger partial charge is 0.456 e. The van der Waals surface area contributed by atoms with Crippen LogP contribution in [0.3, 0.4) is 0 Å². The predicted molar refractivity (Wildman–Crippen MR) is 85.2 cm³/mol. The molecule has 6 nitrogen and oxygen atoms in total. The second-order valence-corrected chi connectivity index (χ2v) is 6.20. The van der Waals surface area contributed by atoms with E-state index in [-0.39, 0.29) is 5.91 Å². The highest BCUT2D eigenvalue weighted by Crippen LogP contribution is 2.17. The van der Waals surface area contributed by atoms with Gasteiger partial charge in [-0.25, -0.2) is 0 Å². The normalized spacial score (nSPS) is 16.6. The van der Waals surface area contributed by atoms with Crippen molar-refractivity contribution in [2.24, 2.45) is 0 Å². The molecule has 0 radical (unpaired) electrons. The van der Waals surface area contributed by atoms with E-state index >= 15 is 0 Å². The molecular formula is C17H23N3O3. The summed E-state index contributed by atoms with van der Waals surface area (Å²) in [7, 11) is 0. The van der Waals surface area contributed by atoms with Gasteiger partial charge in [0.05, 0.1) is 5.69 Å². The molecule has 0 aliphatic carbocycles. The van der Waals surface area contributed by atoms with Crippen molar-refractivity contribution in [3.8, 4) is 0 Å². The minimum absolute atomic E-state index is 0.0136. The van der Waals surface area contributed by atoms with Crippen molar-refractivity contribution in [3.05, 3.63) is 40.7 Å². The Morgan fingerprint density at radius 1 is 1.17 bits per heavy atom. The van der Waals surface area contributed by atoms with E-state index in [0.29, 0.717) is 12.3 Å². The molecule has 1 saturated heterocycles. The van der Waals surface area contributed by atoms with Gasteiger partial charge in [-0.2, -0.15) is 0 Å². The van der Waals surface area contributed by atoms with Crippen LogP contribution in [0.15, 0.2) is 21.1 Å². The van der Waals surface area contributed by atoms with Crippen LogP contribution in [-0.2, 0) is 6.54 Å². The van der Waals surface area contributed by atoms with Crippen LogP contribution in [0.1, 0.15) is 39.8 Å². The van der Waals surface area contributed by atoms with E-state index in [1.54, 1.807) is 0 Å². The molecule has 1 aliphatic heterocycles. The van der Waals surface area contributed by atoms with Crippen LogP contribution >= 0.6 is 0 Å². The first-order valence-corrected chi connectivity index (χ1v) is 8.04. The van der Waals surface area contributed by atoms with Crippen molar-refractivity contribution >= 4 is 5.91 Å². The maximum absolute atomic E-state index is 12.6. The molecule has 0 saturated carbocycles. The maximum Gasteiger partial charge on any atom is 0.289 e. The molecule has 1 fully saturated rings. The molecule has 0 aromatic carbocycles. The predicted octanol–water partition coefficient (Wildman–Crippen LogP) is 2.54. The van der Waals surface area contributed by atoms with Crippen molar-refractivity contribution in [1.29, 1.82) is 0 Å².